The smallest absolute Gasteiger partial charge is 0.261 e. The number of hydrogen-bond acceptors (Lipinski definition) is 4. The summed E-state index contributed by atoms with van der Waals surface area (Å²) in [6, 6.07) is 6.45. The average Bonchev–Trinajstić information content (AvgIpc) is 2.61. The maximum absolute atomic E-state index is 12.7. The van der Waals surface area contributed by atoms with Gasteiger partial charge in [0.2, 0.25) is 0 Å². The van der Waals surface area contributed by atoms with Gasteiger partial charge in [0.1, 0.15) is 5.56 Å². The molecule has 2 amide bonds. The lowest BCUT2D eigenvalue weighted by Gasteiger charge is -2.26. The highest BCUT2D eigenvalue weighted by Crippen LogP contribution is 2.30. The van der Waals surface area contributed by atoms with E-state index in [0.29, 0.717) is 23.4 Å². The summed E-state index contributed by atoms with van der Waals surface area (Å²) in [6.45, 7) is 0. The van der Waals surface area contributed by atoms with Gasteiger partial charge >= 0.3 is 0 Å². The highest BCUT2D eigenvalue weighted by molar-refractivity contribution is 7.98. The number of thioether (sulfide) groups is 1. The molecular weight excluding hydrogens is 374 g/mol. The quantitative estimate of drug-likeness (QED) is 0.696. The summed E-state index contributed by atoms with van der Waals surface area (Å²) in [5.74, 6) is -1.09. The molecule has 0 bridgehead atoms. The molecule has 26 heavy (non-hydrogen) atoms. The fourth-order valence-electron chi connectivity index (χ4n) is 3.12. The highest BCUT2D eigenvalue weighted by Gasteiger charge is 2.25. The SMILES string of the molecule is CSc1ccc(Cl)c(C(=O)NC2CCCc3[nH]c(=O)c(C(N)=O)cc32)c1. The first kappa shape index (κ1) is 18.5. The first-order valence-electron chi connectivity index (χ1n) is 8.11. The van der Waals surface area contributed by atoms with Crippen molar-refractivity contribution < 1.29 is 9.59 Å². The van der Waals surface area contributed by atoms with Gasteiger partial charge in [-0.25, -0.2) is 0 Å². The number of carbonyl (C=O) groups is 2. The Morgan fingerprint density at radius 3 is 2.77 bits per heavy atom. The Bertz CT molecular complexity index is 942. The summed E-state index contributed by atoms with van der Waals surface area (Å²) in [4.78, 5) is 39.8. The van der Waals surface area contributed by atoms with Crippen LogP contribution in [0.4, 0.5) is 0 Å². The topological polar surface area (TPSA) is 105 Å². The maximum Gasteiger partial charge on any atom is 0.261 e. The van der Waals surface area contributed by atoms with Gasteiger partial charge in [-0.15, -0.1) is 11.8 Å². The van der Waals surface area contributed by atoms with Crippen LogP contribution < -0.4 is 16.6 Å². The number of aromatic amines is 1. The zero-order chi connectivity index (χ0) is 18.8. The van der Waals surface area contributed by atoms with E-state index in [1.54, 1.807) is 12.1 Å². The number of fused-ring (bicyclic) bond motifs is 1. The normalized spacial score (nSPS) is 16.0. The van der Waals surface area contributed by atoms with Crippen molar-refractivity contribution in [3.8, 4) is 0 Å². The summed E-state index contributed by atoms with van der Waals surface area (Å²) >= 11 is 7.70. The van der Waals surface area contributed by atoms with E-state index < -0.39 is 11.5 Å². The van der Waals surface area contributed by atoms with Crippen molar-refractivity contribution in [3.05, 3.63) is 62.0 Å². The van der Waals surface area contributed by atoms with Crippen LogP contribution in [0.3, 0.4) is 0 Å². The van der Waals surface area contributed by atoms with Crippen molar-refractivity contribution in [2.75, 3.05) is 6.26 Å². The van der Waals surface area contributed by atoms with Gasteiger partial charge in [0.15, 0.2) is 0 Å². The second kappa shape index (κ2) is 7.55. The number of primary amides is 1. The van der Waals surface area contributed by atoms with Crippen LogP contribution in [0.2, 0.25) is 5.02 Å². The predicted octanol–water partition coefficient (Wildman–Crippen LogP) is 2.66. The summed E-state index contributed by atoms with van der Waals surface area (Å²) in [5.41, 5.74) is 6.50. The van der Waals surface area contributed by atoms with Gasteiger partial charge in [-0.1, -0.05) is 11.6 Å². The Morgan fingerprint density at radius 1 is 1.31 bits per heavy atom. The van der Waals surface area contributed by atoms with Crippen LogP contribution in [0.25, 0.3) is 0 Å². The summed E-state index contributed by atoms with van der Waals surface area (Å²) in [5, 5.41) is 3.33. The number of rotatable bonds is 4. The number of pyridine rings is 1. The molecule has 1 heterocycles. The molecule has 1 aromatic carbocycles. The molecule has 0 radical (unpaired) electrons. The summed E-state index contributed by atoms with van der Waals surface area (Å²) in [7, 11) is 0. The van der Waals surface area contributed by atoms with Crippen LogP contribution in [0.15, 0.2) is 34.0 Å². The number of nitrogens with two attached hydrogens (primary N) is 1. The molecule has 1 unspecified atom stereocenters. The Morgan fingerprint density at radius 2 is 2.08 bits per heavy atom. The Hall–Kier alpha value is -2.25. The van der Waals surface area contributed by atoms with E-state index in [-0.39, 0.29) is 17.5 Å². The molecule has 1 atom stereocenters. The zero-order valence-corrected chi connectivity index (χ0v) is 15.7. The first-order valence-corrected chi connectivity index (χ1v) is 9.71. The van der Waals surface area contributed by atoms with Crippen LogP contribution in [-0.4, -0.2) is 23.1 Å². The monoisotopic (exact) mass is 391 g/mol. The third-order valence-electron chi connectivity index (χ3n) is 4.44. The van der Waals surface area contributed by atoms with Gasteiger partial charge in [0.25, 0.3) is 17.4 Å². The molecule has 0 saturated carbocycles. The van der Waals surface area contributed by atoms with Crippen molar-refractivity contribution in [2.24, 2.45) is 5.73 Å². The third-order valence-corrected chi connectivity index (χ3v) is 5.50. The second-order valence-electron chi connectivity index (χ2n) is 6.07. The van der Waals surface area contributed by atoms with Gasteiger partial charge in [-0.05, 0) is 55.3 Å². The van der Waals surface area contributed by atoms with Crippen LogP contribution >= 0.6 is 23.4 Å². The molecule has 136 valence electrons. The lowest BCUT2D eigenvalue weighted by Crippen LogP contribution is -2.34. The van der Waals surface area contributed by atoms with Crippen LogP contribution in [0.5, 0.6) is 0 Å². The van der Waals surface area contributed by atoms with E-state index in [9.17, 15) is 14.4 Å². The molecule has 3 rings (SSSR count). The van der Waals surface area contributed by atoms with Crippen LogP contribution in [0, 0.1) is 0 Å². The Balaban J connectivity index is 1.93. The van der Waals surface area contributed by atoms with Crippen molar-refractivity contribution in [2.45, 2.75) is 30.2 Å². The standard InChI is InChI=1S/C18H18ClN3O3S/c1-26-9-5-6-13(19)10(7-9)17(24)21-14-3-2-4-15-11(14)8-12(16(20)23)18(25)22-15/h5-8,14H,2-4H2,1H3,(H2,20,23)(H,21,24)(H,22,25). The molecule has 1 aliphatic carbocycles. The van der Waals surface area contributed by atoms with Gasteiger partial charge < -0.3 is 16.0 Å². The van der Waals surface area contributed by atoms with Crippen LogP contribution in [-0.2, 0) is 6.42 Å². The number of carbonyl (C=O) groups excluding carboxylic acids is 2. The number of amides is 2. The van der Waals surface area contributed by atoms with E-state index in [1.807, 2.05) is 12.3 Å². The number of aromatic nitrogens is 1. The fraction of sp³-hybridized carbons (Fsp3) is 0.278. The van der Waals surface area contributed by atoms with E-state index in [4.69, 9.17) is 17.3 Å². The van der Waals surface area contributed by atoms with Crippen molar-refractivity contribution in [1.29, 1.82) is 0 Å². The lowest BCUT2D eigenvalue weighted by molar-refractivity contribution is 0.0932. The van der Waals surface area contributed by atoms with Gasteiger partial charge in [0, 0.05) is 10.6 Å². The number of nitrogens with one attached hydrogen (secondary N) is 2. The van der Waals surface area contributed by atoms with Crippen molar-refractivity contribution in [1.82, 2.24) is 10.3 Å². The molecule has 6 nitrogen and oxygen atoms in total. The van der Waals surface area contributed by atoms with Crippen molar-refractivity contribution in [3.63, 3.8) is 0 Å². The molecule has 0 aliphatic heterocycles. The van der Waals surface area contributed by atoms with E-state index in [0.717, 1.165) is 22.6 Å². The minimum absolute atomic E-state index is 0.104. The highest BCUT2D eigenvalue weighted by atomic mass is 35.5. The van der Waals surface area contributed by atoms with Gasteiger partial charge in [-0.2, -0.15) is 0 Å². The molecule has 8 heteroatoms. The predicted molar refractivity (Wildman–Crippen MR) is 102 cm³/mol. The van der Waals surface area contributed by atoms with E-state index in [1.165, 1.54) is 17.8 Å². The molecule has 0 spiro atoms. The molecule has 1 aromatic heterocycles. The van der Waals surface area contributed by atoms with E-state index in [2.05, 4.69) is 10.3 Å². The Labute approximate surface area is 159 Å². The average molecular weight is 392 g/mol. The lowest BCUT2D eigenvalue weighted by atomic mass is 9.90. The summed E-state index contributed by atoms with van der Waals surface area (Å²) < 4.78 is 0. The first-order chi connectivity index (χ1) is 12.4. The minimum Gasteiger partial charge on any atom is -0.365 e. The largest absolute Gasteiger partial charge is 0.365 e. The van der Waals surface area contributed by atoms with Gasteiger partial charge in [0.05, 0.1) is 16.6 Å². The second-order valence-corrected chi connectivity index (χ2v) is 7.36. The summed E-state index contributed by atoms with van der Waals surface area (Å²) in [6.07, 6.45) is 4.11. The molecule has 1 aliphatic rings. The van der Waals surface area contributed by atoms with E-state index >= 15 is 0 Å². The number of halogens is 1. The fourth-order valence-corrected chi connectivity index (χ4v) is 3.76. The zero-order valence-electron chi connectivity index (χ0n) is 14.1. The number of benzene rings is 1. The number of H-pyrrole nitrogens is 1. The minimum atomic E-state index is -0.791. The molecule has 0 saturated heterocycles. The Kier molecular flexibility index (Phi) is 5.38. The van der Waals surface area contributed by atoms with Gasteiger partial charge in [-0.3, -0.25) is 14.4 Å². The molecule has 4 N–H and O–H groups in total. The molecule has 0 fully saturated rings. The maximum atomic E-state index is 12.7. The molecule has 2 aromatic rings. The number of aryl methyl sites for hydroxylation is 1. The van der Waals surface area contributed by atoms with Crippen LogP contribution in [0.1, 0.15) is 50.9 Å². The van der Waals surface area contributed by atoms with Crippen molar-refractivity contribution >= 4 is 35.2 Å². The third kappa shape index (κ3) is 3.64. The number of hydrogen-bond donors (Lipinski definition) is 3. The molecular formula is C18H18ClN3O3S.